The van der Waals surface area contributed by atoms with E-state index in [0.717, 1.165) is 31.5 Å². The molecule has 1 aromatic heterocycles. The lowest BCUT2D eigenvalue weighted by atomic mass is 10.2. The molecule has 0 atom stereocenters. The Morgan fingerprint density at radius 2 is 1.71 bits per heavy atom. The van der Waals surface area contributed by atoms with Crippen molar-refractivity contribution in [3.63, 3.8) is 0 Å². The molecule has 0 aliphatic carbocycles. The molecule has 3 rings (SSSR count). The Balaban J connectivity index is 1.96. The van der Waals surface area contributed by atoms with Crippen LogP contribution in [0.5, 0.6) is 0 Å². The summed E-state index contributed by atoms with van der Waals surface area (Å²) >= 11 is 3.24. The van der Waals surface area contributed by atoms with Gasteiger partial charge < -0.3 is 4.90 Å². The highest BCUT2D eigenvalue weighted by Crippen LogP contribution is 2.33. The zero-order valence-electron chi connectivity index (χ0n) is 10.9. The average molecular weight is 361 g/mol. The summed E-state index contributed by atoms with van der Waals surface area (Å²) in [5, 5.41) is 4.24. The zero-order valence-corrected chi connectivity index (χ0v) is 12.5. The molecule has 0 N–H and O–H groups in total. The van der Waals surface area contributed by atoms with Gasteiger partial charge in [0, 0.05) is 18.8 Å². The van der Waals surface area contributed by atoms with Crippen LogP contribution in [0.4, 0.5) is 24.8 Å². The highest BCUT2D eigenvalue weighted by atomic mass is 79.9. The molecule has 1 aliphatic heterocycles. The van der Waals surface area contributed by atoms with E-state index in [-0.39, 0.29) is 0 Å². The third-order valence-corrected chi connectivity index (χ3v) is 3.71. The molecule has 0 radical (unpaired) electrons. The van der Waals surface area contributed by atoms with Crippen LogP contribution in [0.15, 0.2) is 29.0 Å². The number of aromatic nitrogens is 3. The van der Waals surface area contributed by atoms with Gasteiger partial charge in [-0.1, -0.05) is 0 Å². The second-order valence-corrected chi connectivity index (χ2v) is 5.52. The van der Waals surface area contributed by atoms with Gasteiger partial charge in [-0.05, 0) is 53.0 Å². The molecule has 21 heavy (non-hydrogen) atoms. The molecule has 0 spiro atoms. The van der Waals surface area contributed by atoms with Crippen molar-refractivity contribution in [1.29, 1.82) is 0 Å². The van der Waals surface area contributed by atoms with Gasteiger partial charge in [0.25, 0.3) is 0 Å². The van der Waals surface area contributed by atoms with Gasteiger partial charge >= 0.3 is 6.18 Å². The van der Waals surface area contributed by atoms with Gasteiger partial charge in [-0.15, -0.1) is 5.10 Å². The molecular weight excluding hydrogens is 349 g/mol. The quantitative estimate of drug-likeness (QED) is 0.770. The van der Waals surface area contributed by atoms with E-state index in [1.165, 1.54) is 12.1 Å². The fourth-order valence-electron chi connectivity index (χ4n) is 2.36. The van der Waals surface area contributed by atoms with Crippen LogP contribution in [0.3, 0.4) is 0 Å². The van der Waals surface area contributed by atoms with Crippen molar-refractivity contribution in [3.8, 4) is 0 Å². The first-order valence-electron chi connectivity index (χ1n) is 6.50. The second-order valence-electron chi connectivity index (χ2n) is 4.81. The van der Waals surface area contributed by atoms with Crippen LogP contribution in [0, 0.1) is 0 Å². The molecule has 0 bridgehead atoms. The molecule has 0 fully saturated rings. The first kappa shape index (κ1) is 14.4. The maximum atomic E-state index is 12.6. The summed E-state index contributed by atoms with van der Waals surface area (Å²) < 4.78 is 40.1. The van der Waals surface area contributed by atoms with Gasteiger partial charge in [-0.25, -0.2) is 4.68 Å². The zero-order chi connectivity index (χ0) is 15.0. The molecule has 2 aromatic rings. The van der Waals surface area contributed by atoms with Crippen LogP contribution in [-0.4, -0.2) is 21.3 Å². The molecule has 2 heterocycles. The molecule has 112 valence electrons. The first-order chi connectivity index (χ1) is 9.95. The van der Waals surface area contributed by atoms with Crippen molar-refractivity contribution in [2.45, 2.75) is 25.6 Å². The highest BCUT2D eigenvalue weighted by molar-refractivity contribution is 9.10. The predicted molar refractivity (Wildman–Crippen MR) is 75.4 cm³/mol. The lowest BCUT2D eigenvalue weighted by molar-refractivity contribution is -0.137. The van der Waals surface area contributed by atoms with Gasteiger partial charge in [0.15, 0.2) is 0 Å². The maximum Gasteiger partial charge on any atom is 0.416 e. The molecule has 1 aromatic carbocycles. The molecule has 0 amide bonds. The Bertz CT molecular complexity index is 636. The number of alkyl halides is 3. The van der Waals surface area contributed by atoms with Crippen LogP contribution < -0.4 is 4.90 Å². The van der Waals surface area contributed by atoms with Crippen molar-refractivity contribution < 1.29 is 13.2 Å². The number of benzene rings is 1. The number of rotatable bonds is 1. The summed E-state index contributed by atoms with van der Waals surface area (Å²) in [6, 6.07) is 5.13. The van der Waals surface area contributed by atoms with E-state index in [0.29, 0.717) is 22.9 Å². The van der Waals surface area contributed by atoms with E-state index < -0.39 is 11.7 Å². The summed E-state index contributed by atoms with van der Waals surface area (Å²) in [6.45, 7) is 1.46. The topological polar surface area (TPSA) is 34.0 Å². The molecule has 1 aliphatic rings. The molecule has 0 unspecified atom stereocenters. The van der Waals surface area contributed by atoms with E-state index in [1.807, 2.05) is 4.90 Å². The minimum Gasteiger partial charge on any atom is -0.311 e. The molecule has 8 heteroatoms. The highest BCUT2D eigenvalue weighted by Gasteiger charge is 2.30. The fourth-order valence-corrected chi connectivity index (χ4v) is 2.71. The van der Waals surface area contributed by atoms with E-state index in [9.17, 15) is 13.2 Å². The summed E-state index contributed by atoms with van der Waals surface area (Å²) in [7, 11) is 0. The van der Waals surface area contributed by atoms with Gasteiger partial charge in [-0.3, -0.25) is 0 Å². The standard InChI is InChI=1S/C13H12BrF3N4/c14-11-18-12-20(7-1-2-8-21(12)19-11)10-5-3-9(4-6-10)13(15,16)17/h3-6H,1-2,7-8H2. The number of hydrogen-bond acceptors (Lipinski definition) is 3. The molecular formula is C13H12BrF3N4. The number of aryl methyl sites for hydroxylation is 1. The van der Waals surface area contributed by atoms with Gasteiger partial charge in [-0.2, -0.15) is 18.2 Å². The molecule has 0 saturated carbocycles. The van der Waals surface area contributed by atoms with Crippen molar-refractivity contribution in [2.24, 2.45) is 0 Å². The normalized spacial score (nSPS) is 15.7. The number of nitrogens with zero attached hydrogens (tertiary/aromatic N) is 4. The Morgan fingerprint density at radius 3 is 2.38 bits per heavy atom. The maximum absolute atomic E-state index is 12.6. The Morgan fingerprint density at radius 1 is 1.05 bits per heavy atom. The van der Waals surface area contributed by atoms with Gasteiger partial charge in [0.05, 0.1) is 5.56 Å². The third kappa shape index (κ3) is 2.90. The summed E-state index contributed by atoms with van der Waals surface area (Å²) in [5.41, 5.74) is 0.0368. The van der Waals surface area contributed by atoms with E-state index in [2.05, 4.69) is 26.0 Å². The van der Waals surface area contributed by atoms with Gasteiger partial charge in [0.1, 0.15) is 0 Å². The van der Waals surface area contributed by atoms with E-state index >= 15 is 0 Å². The Kier molecular flexibility index (Phi) is 3.64. The lowest BCUT2D eigenvalue weighted by Gasteiger charge is -2.21. The van der Waals surface area contributed by atoms with Crippen molar-refractivity contribution in [3.05, 3.63) is 34.6 Å². The Labute approximate surface area is 127 Å². The largest absolute Gasteiger partial charge is 0.416 e. The fraction of sp³-hybridized carbons (Fsp3) is 0.385. The number of hydrogen-bond donors (Lipinski definition) is 0. The van der Waals surface area contributed by atoms with Crippen LogP contribution in [-0.2, 0) is 12.7 Å². The summed E-state index contributed by atoms with van der Waals surface area (Å²) in [4.78, 5) is 6.21. The van der Waals surface area contributed by atoms with Crippen LogP contribution in [0.2, 0.25) is 0 Å². The monoisotopic (exact) mass is 360 g/mol. The lowest BCUT2D eigenvalue weighted by Crippen LogP contribution is -2.20. The SMILES string of the molecule is FC(F)(F)c1ccc(N2CCCCn3nc(Br)nc32)cc1. The van der Waals surface area contributed by atoms with Crippen LogP contribution in [0.25, 0.3) is 0 Å². The van der Waals surface area contributed by atoms with Crippen LogP contribution >= 0.6 is 15.9 Å². The molecule has 0 saturated heterocycles. The minimum absolute atomic E-state index is 0.483. The van der Waals surface area contributed by atoms with E-state index in [4.69, 9.17) is 0 Å². The molecule has 4 nitrogen and oxygen atoms in total. The number of anilines is 2. The number of fused-ring (bicyclic) bond motifs is 1. The van der Waals surface area contributed by atoms with Crippen molar-refractivity contribution in [1.82, 2.24) is 14.8 Å². The number of halogens is 4. The Hall–Kier alpha value is -1.57. The predicted octanol–water partition coefficient (Wildman–Crippen LogP) is 3.99. The smallest absolute Gasteiger partial charge is 0.311 e. The van der Waals surface area contributed by atoms with Crippen molar-refractivity contribution >= 4 is 27.6 Å². The first-order valence-corrected chi connectivity index (χ1v) is 7.29. The van der Waals surface area contributed by atoms with Gasteiger partial charge in [0.2, 0.25) is 10.7 Å². The van der Waals surface area contributed by atoms with Crippen LogP contribution in [0.1, 0.15) is 18.4 Å². The second kappa shape index (κ2) is 5.32. The summed E-state index contributed by atoms with van der Waals surface area (Å²) in [5.74, 6) is 0.652. The van der Waals surface area contributed by atoms with E-state index in [1.54, 1.807) is 4.68 Å². The minimum atomic E-state index is -4.32. The third-order valence-electron chi connectivity index (χ3n) is 3.38. The van der Waals surface area contributed by atoms with Crippen molar-refractivity contribution in [2.75, 3.05) is 11.4 Å². The average Bonchev–Trinajstić information content (AvgIpc) is 2.68. The summed E-state index contributed by atoms with van der Waals surface area (Å²) in [6.07, 6.45) is -2.43.